The lowest BCUT2D eigenvalue weighted by Gasteiger charge is -2.08. The fourth-order valence-electron chi connectivity index (χ4n) is 2.99. The van der Waals surface area contributed by atoms with Crippen molar-refractivity contribution >= 4 is 28.1 Å². The molecule has 2 N–H and O–H groups in total. The van der Waals surface area contributed by atoms with Crippen LogP contribution in [-0.2, 0) is 6.42 Å². The molecule has 0 fully saturated rings. The molecule has 0 saturated heterocycles. The lowest BCUT2D eigenvalue weighted by molar-refractivity contribution is 0.0954. The summed E-state index contributed by atoms with van der Waals surface area (Å²) in [4.78, 5) is 30.6. The normalized spacial score (nSPS) is 10.8. The van der Waals surface area contributed by atoms with E-state index in [0.717, 1.165) is 39.1 Å². The number of carbonyl (C=O) groups excluding carboxylic acids is 1. The minimum absolute atomic E-state index is 0.0742. The summed E-state index contributed by atoms with van der Waals surface area (Å²) >= 11 is 1.13. The predicted molar refractivity (Wildman–Crippen MR) is 108 cm³/mol. The van der Waals surface area contributed by atoms with Crippen molar-refractivity contribution in [2.75, 3.05) is 6.54 Å². The first-order chi connectivity index (χ1) is 13.2. The van der Waals surface area contributed by atoms with Crippen LogP contribution in [-0.4, -0.2) is 22.4 Å². The summed E-state index contributed by atoms with van der Waals surface area (Å²) < 4.78 is 0. The third kappa shape index (κ3) is 3.80. The van der Waals surface area contributed by atoms with Crippen molar-refractivity contribution in [3.05, 3.63) is 87.1 Å². The summed E-state index contributed by atoms with van der Waals surface area (Å²) in [7, 11) is 0. The highest BCUT2D eigenvalue weighted by molar-refractivity contribution is 7.07. The van der Waals surface area contributed by atoms with Crippen LogP contribution < -0.4 is 10.2 Å². The number of benzene rings is 2. The van der Waals surface area contributed by atoms with Gasteiger partial charge in [-0.05, 0) is 23.8 Å². The number of nitrogens with one attached hydrogen (secondary N) is 2. The maximum absolute atomic E-state index is 12.3. The van der Waals surface area contributed by atoms with E-state index in [1.54, 1.807) is 11.6 Å². The van der Waals surface area contributed by atoms with Gasteiger partial charge in [0.15, 0.2) is 0 Å². The Balaban J connectivity index is 1.46. The molecule has 27 heavy (non-hydrogen) atoms. The number of hydrogen-bond donors (Lipinski definition) is 2. The van der Waals surface area contributed by atoms with Crippen molar-refractivity contribution in [1.29, 1.82) is 0 Å². The van der Waals surface area contributed by atoms with Gasteiger partial charge in [0, 0.05) is 46.7 Å². The van der Waals surface area contributed by atoms with Crippen LogP contribution in [0.5, 0.6) is 0 Å². The Bertz CT molecular complexity index is 1140. The fraction of sp³-hybridized carbons (Fsp3) is 0.0952. The Kier molecular flexibility index (Phi) is 4.80. The quantitative estimate of drug-likeness (QED) is 0.559. The van der Waals surface area contributed by atoms with Gasteiger partial charge in [-0.2, -0.15) is 0 Å². The predicted octanol–water partition coefficient (Wildman–Crippen LogP) is 3.62. The molecule has 0 radical (unpaired) electrons. The van der Waals surface area contributed by atoms with Crippen LogP contribution in [0.1, 0.15) is 16.1 Å². The van der Waals surface area contributed by atoms with E-state index in [4.69, 9.17) is 0 Å². The van der Waals surface area contributed by atoms with Crippen molar-refractivity contribution in [3.8, 4) is 11.1 Å². The number of thiazole rings is 1. The SMILES string of the molecule is O=C(NCCc1csc(=O)[nH]1)c1ccc(-c2cccc3cccnc23)cc1. The fourth-order valence-corrected chi connectivity index (χ4v) is 3.60. The Morgan fingerprint density at radius 2 is 1.89 bits per heavy atom. The topological polar surface area (TPSA) is 74.8 Å². The molecule has 134 valence electrons. The zero-order valence-corrected chi connectivity index (χ0v) is 15.3. The van der Waals surface area contributed by atoms with Gasteiger partial charge in [0.05, 0.1) is 5.52 Å². The van der Waals surface area contributed by atoms with Gasteiger partial charge in [-0.1, -0.05) is 47.7 Å². The molecule has 4 rings (SSSR count). The van der Waals surface area contributed by atoms with Crippen LogP contribution in [0.25, 0.3) is 22.0 Å². The van der Waals surface area contributed by atoms with Gasteiger partial charge >= 0.3 is 4.87 Å². The number of H-pyrrole nitrogens is 1. The molecular formula is C21H17N3O2S. The van der Waals surface area contributed by atoms with Gasteiger partial charge in [-0.25, -0.2) is 0 Å². The number of fused-ring (bicyclic) bond motifs is 1. The summed E-state index contributed by atoms with van der Waals surface area (Å²) in [5.74, 6) is -0.129. The van der Waals surface area contributed by atoms with E-state index in [1.165, 1.54) is 0 Å². The number of amides is 1. The number of hydrogen-bond acceptors (Lipinski definition) is 4. The Morgan fingerprint density at radius 3 is 2.67 bits per heavy atom. The second-order valence-electron chi connectivity index (χ2n) is 6.14. The third-order valence-electron chi connectivity index (χ3n) is 4.34. The molecule has 0 aliphatic carbocycles. The van der Waals surface area contributed by atoms with Gasteiger partial charge in [-0.3, -0.25) is 14.6 Å². The van der Waals surface area contributed by atoms with Gasteiger partial charge in [0.2, 0.25) is 0 Å². The molecule has 2 aromatic carbocycles. The standard InChI is InChI=1S/C21H17N3O2S/c25-20(23-12-10-17-13-27-21(26)24-17)16-8-6-14(7-9-16)18-5-1-3-15-4-2-11-22-19(15)18/h1-9,11,13H,10,12H2,(H,23,25)(H,24,26). The van der Waals surface area contributed by atoms with Crippen LogP contribution in [0.2, 0.25) is 0 Å². The smallest absolute Gasteiger partial charge is 0.304 e. The Hall–Kier alpha value is -3.25. The molecule has 0 unspecified atom stereocenters. The van der Waals surface area contributed by atoms with Crippen LogP contribution in [0.15, 0.2) is 71.0 Å². The first-order valence-electron chi connectivity index (χ1n) is 8.60. The monoisotopic (exact) mass is 375 g/mol. The molecule has 2 heterocycles. The van der Waals surface area contributed by atoms with Crippen LogP contribution >= 0.6 is 11.3 Å². The average Bonchev–Trinajstić information content (AvgIpc) is 3.12. The Labute approximate surface area is 159 Å². The molecule has 0 saturated carbocycles. The number of aromatic nitrogens is 2. The highest BCUT2D eigenvalue weighted by Crippen LogP contribution is 2.27. The second-order valence-corrected chi connectivity index (χ2v) is 6.98. The largest absolute Gasteiger partial charge is 0.352 e. The van der Waals surface area contributed by atoms with E-state index in [-0.39, 0.29) is 10.8 Å². The summed E-state index contributed by atoms with van der Waals surface area (Å²) in [5, 5.41) is 5.74. The van der Waals surface area contributed by atoms with E-state index >= 15 is 0 Å². The molecule has 0 aliphatic rings. The average molecular weight is 375 g/mol. The number of para-hydroxylation sites is 1. The minimum Gasteiger partial charge on any atom is -0.352 e. The van der Waals surface area contributed by atoms with Crippen LogP contribution in [0, 0.1) is 0 Å². The molecule has 2 aromatic heterocycles. The molecule has 0 aliphatic heterocycles. The molecule has 4 aromatic rings. The van der Waals surface area contributed by atoms with Crippen molar-refractivity contribution in [2.24, 2.45) is 0 Å². The minimum atomic E-state index is -0.129. The van der Waals surface area contributed by atoms with Crippen molar-refractivity contribution < 1.29 is 4.79 Å². The molecule has 5 nitrogen and oxygen atoms in total. The number of aromatic amines is 1. The molecule has 6 heteroatoms. The van der Waals surface area contributed by atoms with Gasteiger partial charge in [0.1, 0.15) is 0 Å². The van der Waals surface area contributed by atoms with Gasteiger partial charge < -0.3 is 10.3 Å². The van der Waals surface area contributed by atoms with E-state index in [1.807, 2.05) is 54.6 Å². The zero-order chi connectivity index (χ0) is 18.6. The van der Waals surface area contributed by atoms with E-state index in [2.05, 4.69) is 15.3 Å². The lowest BCUT2D eigenvalue weighted by atomic mass is 10.0. The third-order valence-corrected chi connectivity index (χ3v) is 5.06. The van der Waals surface area contributed by atoms with E-state index in [9.17, 15) is 9.59 Å². The molecule has 0 spiro atoms. The molecule has 1 amide bonds. The number of carbonyl (C=O) groups is 1. The first-order valence-corrected chi connectivity index (χ1v) is 9.48. The van der Waals surface area contributed by atoms with Crippen molar-refractivity contribution in [1.82, 2.24) is 15.3 Å². The van der Waals surface area contributed by atoms with E-state index < -0.39 is 0 Å². The Morgan fingerprint density at radius 1 is 1.07 bits per heavy atom. The summed E-state index contributed by atoms with van der Waals surface area (Å²) in [6.45, 7) is 0.473. The first kappa shape index (κ1) is 17.2. The molecular weight excluding hydrogens is 358 g/mol. The summed E-state index contributed by atoms with van der Waals surface area (Å²) in [6.07, 6.45) is 2.39. The maximum atomic E-state index is 12.3. The molecule has 0 bridgehead atoms. The van der Waals surface area contributed by atoms with E-state index in [0.29, 0.717) is 18.5 Å². The lowest BCUT2D eigenvalue weighted by Crippen LogP contribution is -2.25. The highest BCUT2D eigenvalue weighted by Gasteiger charge is 2.08. The zero-order valence-electron chi connectivity index (χ0n) is 14.4. The van der Waals surface area contributed by atoms with Crippen LogP contribution in [0.4, 0.5) is 0 Å². The van der Waals surface area contributed by atoms with Crippen molar-refractivity contribution in [3.63, 3.8) is 0 Å². The second kappa shape index (κ2) is 7.55. The molecule has 0 atom stereocenters. The number of nitrogens with zero attached hydrogens (tertiary/aromatic N) is 1. The number of rotatable bonds is 5. The highest BCUT2D eigenvalue weighted by atomic mass is 32.1. The van der Waals surface area contributed by atoms with Gasteiger partial charge in [-0.15, -0.1) is 0 Å². The summed E-state index contributed by atoms with van der Waals surface area (Å²) in [6, 6.07) is 17.6. The van der Waals surface area contributed by atoms with Crippen molar-refractivity contribution in [2.45, 2.75) is 6.42 Å². The van der Waals surface area contributed by atoms with Crippen LogP contribution in [0.3, 0.4) is 0 Å². The number of pyridine rings is 1. The maximum Gasteiger partial charge on any atom is 0.304 e. The van der Waals surface area contributed by atoms with Gasteiger partial charge in [0.25, 0.3) is 5.91 Å². The summed E-state index contributed by atoms with van der Waals surface area (Å²) in [5.41, 5.74) is 4.45.